The summed E-state index contributed by atoms with van der Waals surface area (Å²) in [7, 11) is 0. The summed E-state index contributed by atoms with van der Waals surface area (Å²) in [4.78, 5) is 0. The predicted octanol–water partition coefficient (Wildman–Crippen LogP) is 1.09. The quantitative estimate of drug-likeness (QED) is 0.420. The van der Waals surface area contributed by atoms with Crippen molar-refractivity contribution >= 4 is 22.9 Å². The second-order valence-corrected chi connectivity index (χ2v) is 2.43. The van der Waals surface area contributed by atoms with Crippen LogP contribution in [0.1, 0.15) is 19.3 Å². The minimum absolute atomic E-state index is 0.335. The Labute approximate surface area is 64.2 Å². The van der Waals surface area contributed by atoms with Crippen LogP contribution in [0.25, 0.3) is 0 Å². The lowest BCUT2D eigenvalue weighted by Crippen LogP contribution is -1.99. The zero-order valence-corrected chi connectivity index (χ0v) is 7.02. The number of hydrogen-bond donors (Lipinski definition) is 2. The molecule has 0 heterocycles. The maximum Gasteiger partial charge on any atom is 0.0431 e. The number of nitrogens with one attached hydrogen (secondary N) is 1. The fourth-order valence-electron chi connectivity index (χ4n) is 0.480. The van der Waals surface area contributed by atoms with Gasteiger partial charge in [-0.25, -0.2) is 0 Å². The van der Waals surface area contributed by atoms with E-state index < -0.39 is 0 Å². The van der Waals surface area contributed by atoms with Crippen LogP contribution in [0.5, 0.6) is 0 Å². The van der Waals surface area contributed by atoms with Crippen molar-refractivity contribution in [2.24, 2.45) is 0 Å². The molecule has 0 rings (SSSR count). The molecular weight excluding hydrogens is 217 g/mol. The van der Waals surface area contributed by atoms with E-state index in [1.165, 1.54) is 6.42 Å². The lowest BCUT2D eigenvalue weighted by Gasteiger charge is -1.94. The number of aliphatic hydroxyl groups is 1. The number of halogens is 1. The molecule has 8 heavy (non-hydrogen) atoms. The van der Waals surface area contributed by atoms with Crippen LogP contribution in [0.3, 0.4) is 0 Å². The number of hydrogen-bond acceptors (Lipinski definition) is 2. The lowest BCUT2D eigenvalue weighted by molar-refractivity contribution is 0.283. The van der Waals surface area contributed by atoms with Crippen LogP contribution < -0.4 is 3.53 Å². The Balaban J connectivity index is 2.53. The predicted molar refractivity (Wildman–Crippen MR) is 43.0 cm³/mol. The second-order valence-electron chi connectivity index (χ2n) is 1.67. The molecule has 0 amide bonds. The molecule has 3 heteroatoms. The Morgan fingerprint density at radius 2 is 2.00 bits per heavy atom. The Morgan fingerprint density at radius 1 is 1.25 bits per heavy atom. The van der Waals surface area contributed by atoms with Crippen molar-refractivity contribution in [2.75, 3.05) is 13.2 Å². The molecule has 0 aromatic carbocycles. The molecule has 2 nitrogen and oxygen atoms in total. The van der Waals surface area contributed by atoms with Crippen LogP contribution in [-0.2, 0) is 0 Å². The Kier molecular flexibility index (Phi) is 8.27. The molecule has 0 fully saturated rings. The molecule has 0 aliphatic carbocycles. The first-order valence-electron chi connectivity index (χ1n) is 2.86. The second kappa shape index (κ2) is 7.65. The molecule has 0 saturated carbocycles. The van der Waals surface area contributed by atoms with Crippen LogP contribution in [0.2, 0.25) is 0 Å². The Hall–Kier alpha value is 0.650. The summed E-state index contributed by atoms with van der Waals surface area (Å²) < 4.78 is 3.01. The molecule has 0 aromatic heterocycles. The van der Waals surface area contributed by atoms with E-state index in [1.54, 1.807) is 0 Å². The zero-order chi connectivity index (χ0) is 6.24. The molecular formula is C5H12INO. The van der Waals surface area contributed by atoms with E-state index in [0.29, 0.717) is 6.61 Å². The fourth-order valence-corrected chi connectivity index (χ4v) is 0.862. The topological polar surface area (TPSA) is 32.3 Å². The van der Waals surface area contributed by atoms with Gasteiger partial charge < -0.3 is 5.11 Å². The molecule has 0 bridgehead atoms. The Morgan fingerprint density at radius 3 is 2.50 bits per heavy atom. The molecule has 0 aliphatic rings. The normalized spacial score (nSPS) is 9.75. The van der Waals surface area contributed by atoms with E-state index in [9.17, 15) is 0 Å². The highest BCUT2D eigenvalue weighted by molar-refractivity contribution is 14.1. The summed E-state index contributed by atoms with van der Waals surface area (Å²) in [6.07, 6.45) is 3.24. The van der Waals surface area contributed by atoms with Gasteiger partial charge in [0.1, 0.15) is 0 Å². The van der Waals surface area contributed by atoms with Gasteiger partial charge in [-0.1, -0.05) is 0 Å². The van der Waals surface area contributed by atoms with Crippen LogP contribution in [0.15, 0.2) is 0 Å². The smallest absolute Gasteiger partial charge is 0.0431 e. The Bertz CT molecular complexity index is 37.4. The lowest BCUT2D eigenvalue weighted by atomic mass is 10.2. The summed E-state index contributed by atoms with van der Waals surface area (Å²) in [6.45, 7) is 1.39. The minimum atomic E-state index is 0.335. The highest BCUT2D eigenvalue weighted by atomic mass is 127. The van der Waals surface area contributed by atoms with E-state index in [4.69, 9.17) is 5.11 Å². The maximum atomic E-state index is 8.34. The van der Waals surface area contributed by atoms with Crippen LogP contribution >= 0.6 is 22.9 Å². The van der Waals surface area contributed by atoms with Gasteiger partial charge in [0.25, 0.3) is 0 Å². The average molecular weight is 229 g/mol. The zero-order valence-electron chi connectivity index (χ0n) is 4.86. The van der Waals surface area contributed by atoms with Crippen LogP contribution in [0.4, 0.5) is 0 Å². The molecule has 50 valence electrons. The standard InChI is InChI=1S/C5H12INO/c6-7-4-2-1-3-5-8/h7-8H,1-5H2. The maximum absolute atomic E-state index is 8.34. The highest BCUT2D eigenvalue weighted by Crippen LogP contribution is 1.91. The number of rotatable bonds is 5. The van der Waals surface area contributed by atoms with Gasteiger partial charge in [0, 0.05) is 36.0 Å². The van der Waals surface area contributed by atoms with Crippen molar-refractivity contribution in [3.63, 3.8) is 0 Å². The van der Waals surface area contributed by atoms with Crippen molar-refractivity contribution in [1.82, 2.24) is 3.53 Å². The van der Waals surface area contributed by atoms with E-state index in [2.05, 4.69) is 26.4 Å². The summed E-state index contributed by atoms with van der Waals surface area (Å²) in [5.41, 5.74) is 0. The number of aliphatic hydroxyl groups excluding tert-OH is 1. The average Bonchev–Trinajstić information content (AvgIpc) is 1.81. The van der Waals surface area contributed by atoms with Gasteiger partial charge in [0.2, 0.25) is 0 Å². The van der Waals surface area contributed by atoms with Gasteiger partial charge in [-0.3, -0.25) is 3.53 Å². The van der Waals surface area contributed by atoms with Gasteiger partial charge in [-0.2, -0.15) is 0 Å². The third-order valence-corrected chi connectivity index (χ3v) is 1.47. The summed E-state index contributed by atoms with van der Waals surface area (Å²) in [5.74, 6) is 0. The molecule has 0 saturated heterocycles. The molecule has 0 spiro atoms. The fraction of sp³-hybridized carbons (Fsp3) is 1.00. The van der Waals surface area contributed by atoms with Gasteiger partial charge >= 0.3 is 0 Å². The van der Waals surface area contributed by atoms with E-state index in [-0.39, 0.29) is 0 Å². The molecule has 0 atom stereocenters. The van der Waals surface area contributed by atoms with Crippen molar-refractivity contribution in [1.29, 1.82) is 0 Å². The van der Waals surface area contributed by atoms with E-state index in [0.717, 1.165) is 19.4 Å². The third-order valence-electron chi connectivity index (χ3n) is 0.929. The monoisotopic (exact) mass is 229 g/mol. The van der Waals surface area contributed by atoms with Crippen LogP contribution in [0, 0.1) is 0 Å². The summed E-state index contributed by atoms with van der Waals surface area (Å²) in [6, 6.07) is 0. The van der Waals surface area contributed by atoms with Crippen molar-refractivity contribution in [3.05, 3.63) is 0 Å². The number of unbranched alkanes of at least 4 members (excludes halogenated alkanes) is 2. The first-order chi connectivity index (χ1) is 3.91. The van der Waals surface area contributed by atoms with Crippen molar-refractivity contribution in [3.8, 4) is 0 Å². The van der Waals surface area contributed by atoms with E-state index >= 15 is 0 Å². The van der Waals surface area contributed by atoms with Crippen LogP contribution in [-0.4, -0.2) is 18.3 Å². The largest absolute Gasteiger partial charge is 0.396 e. The molecule has 0 aromatic rings. The highest BCUT2D eigenvalue weighted by Gasteiger charge is 1.83. The summed E-state index contributed by atoms with van der Waals surface area (Å²) >= 11 is 2.13. The van der Waals surface area contributed by atoms with Gasteiger partial charge in [0.15, 0.2) is 0 Å². The molecule has 0 unspecified atom stereocenters. The first-order valence-corrected chi connectivity index (χ1v) is 3.94. The molecule has 0 aliphatic heterocycles. The third kappa shape index (κ3) is 6.65. The van der Waals surface area contributed by atoms with Crippen molar-refractivity contribution in [2.45, 2.75) is 19.3 Å². The van der Waals surface area contributed by atoms with Gasteiger partial charge in [-0.05, 0) is 19.3 Å². The minimum Gasteiger partial charge on any atom is -0.396 e. The molecule has 2 N–H and O–H groups in total. The van der Waals surface area contributed by atoms with Gasteiger partial charge in [0.05, 0.1) is 0 Å². The first kappa shape index (κ1) is 8.65. The SMILES string of the molecule is OCCCCCNI. The summed E-state index contributed by atoms with van der Waals surface area (Å²) in [5, 5.41) is 8.34. The van der Waals surface area contributed by atoms with Gasteiger partial charge in [-0.15, -0.1) is 0 Å². The molecule has 0 radical (unpaired) electrons. The van der Waals surface area contributed by atoms with E-state index in [1.807, 2.05) is 0 Å². The van der Waals surface area contributed by atoms with Crippen molar-refractivity contribution < 1.29 is 5.11 Å².